The number of rotatable bonds is 4. The van der Waals surface area contributed by atoms with Gasteiger partial charge in [-0.25, -0.2) is 4.98 Å². The highest BCUT2D eigenvalue weighted by Crippen LogP contribution is 2.16. The molecule has 0 aliphatic carbocycles. The van der Waals surface area contributed by atoms with E-state index in [0.29, 0.717) is 11.7 Å². The van der Waals surface area contributed by atoms with Crippen LogP contribution >= 0.6 is 23.8 Å². The minimum atomic E-state index is 0.550. The van der Waals surface area contributed by atoms with Crippen molar-refractivity contribution in [3.05, 3.63) is 53.2 Å². The smallest absolute Gasteiger partial charge is 0.171 e. The first-order valence-electron chi connectivity index (χ1n) is 8.29. The molecule has 2 heterocycles. The summed E-state index contributed by atoms with van der Waals surface area (Å²) in [5.74, 6) is 1.01. The summed E-state index contributed by atoms with van der Waals surface area (Å²) in [4.78, 5) is 9.18. The van der Waals surface area contributed by atoms with Gasteiger partial charge in [0.05, 0.1) is 11.9 Å². The molecular formula is C18H22ClN5S. The topological polar surface area (TPSA) is 43.4 Å². The van der Waals surface area contributed by atoms with Crippen molar-refractivity contribution >= 4 is 40.4 Å². The standard InChI is InChI=1S/C18H22ClN5S/c1-23-8-10-24(11-9-23)17-7-6-15(13-20-17)22-18(25)21-12-14-4-2-3-5-16(14)19/h2-7,13H,8-12H2,1H3,(H2,21,22,25). The van der Waals surface area contributed by atoms with Gasteiger partial charge in [-0.3, -0.25) is 0 Å². The number of pyridine rings is 1. The van der Waals surface area contributed by atoms with E-state index in [-0.39, 0.29) is 0 Å². The highest BCUT2D eigenvalue weighted by Gasteiger charge is 2.15. The lowest BCUT2D eigenvalue weighted by atomic mass is 10.2. The normalized spacial score (nSPS) is 15.0. The molecule has 1 aliphatic heterocycles. The van der Waals surface area contributed by atoms with E-state index in [9.17, 15) is 0 Å². The van der Waals surface area contributed by atoms with Crippen molar-refractivity contribution in [1.29, 1.82) is 0 Å². The molecule has 2 aromatic rings. The average molecular weight is 376 g/mol. The lowest BCUT2D eigenvalue weighted by molar-refractivity contribution is 0.312. The van der Waals surface area contributed by atoms with E-state index in [1.165, 1.54) is 0 Å². The third-order valence-electron chi connectivity index (χ3n) is 4.23. The molecule has 0 bridgehead atoms. The Hall–Kier alpha value is -1.89. The van der Waals surface area contributed by atoms with Crippen molar-refractivity contribution in [2.45, 2.75) is 6.54 Å². The molecule has 1 aliphatic rings. The summed E-state index contributed by atoms with van der Waals surface area (Å²) in [7, 11) is 2.15. The molecule has 7 heteroatoms. The third kappa shape index (κ3) is 5.04. The van der Waals surface area contributed by atoms with Gasteiger partial charge in [0.25, 0.3) is 0 Å². The maximum atomic E-state index is 6.15. The Morgan fingerprint density at radius 3 is 2.60 bits per heavy atom. The van der Waals surface area contributed by atoms with Crippen molar-refractivity contribution < 1.29 is 0 Å². The van der Waals surface area contributed by atoms with Gasteiger partial charge in [0.2, 0.25) is 0 Å². The van der Waals surface area contributed by atoms with Crippen LogP contribution in [0.4, 0.5) is 11.5 Å². The molecule has 0 amide bonds. The molecule has 0 atom stereocenters. The number of likely N-dealkylation sites (N-methyl/N-ethyl adjacent to an activating group) is 1. The van der Waals surface area contributed by atoms with E-state index in [1.807, 2.05) is 42.6 Å². The summed E-state index contributed by atoms with van der Waals surface area (Å²) in [6.45, 7) is 4.73. The first-order chi connectivity index (χ1) is 12.1. The van der Waals surface area contributed by atoms with Crippen LogP contribution in [0.3, 0.4) is 0 Å². The Kier molecular flexibility index (Phi) is 6.07. The fourth-order valence-electron chi connectivity index (χ4n) is 2.68. The Morgan fingerprint density at radius 1 is 1.16 bits per heavy atom. The van der Waals surface area contributed by atoms with E-state index in [0.717, 1.165) is 48.3 Å². The monoisotopic (exact) mass is 375 g/mol. The highest BCUT2D eigenvalue weighted by molar-refractivity contribution is 7.80. The number of aromatic nitrogens is 1. The number of hydrogen-bond donors (Lipinski definition) is 2. The van der Waals surface area contributed by atoms with Gasteiger partial charge in [0.1, 0.15) is 5.82 Å². The molecule has 3 rings (SSSR count). The largest absolute Gasteiger partial charge is 0.358 e. The quantitative estimate of drug-likeness (QED) is 0.801. The van der Waals surface area contributed by atoms with Gasteiger partial charge in [-0.1, -0.05) is 29.8 Å². The van der Waals surface area contributed by atoms with Gasteiger partial charge in [0, 0.05) is 37.7 Å². The van der Waals surface area contributed by atoms with Gasteiger partial charge < -0.3 is 20.4 Å². The molecule has 0 unspecified atom stereocenters. The predicted molar refractivity (Wildman–Crippen MR) is 108 cm³/mol. The van der Waals surface area contributed by atoms with Crippen molar-refractivity contribution in [3.63, 3.8) is 0 Å². The summed E-state index contributed by atoms with van der Waals surface area (Å²) in [5, 5.41) is 7.60. The molecule has 0 saturated carbocycles. The number of halogens is 1. The lowest BCUT2D eigenvalue weighted by Crippen LogP contribution is -2.44. The fourth-order valence-corrected chi connectivity index (χ4v) is 3.07. The van der Waals surface area contributed by atoms with Crippen molar-refractivity contribution in [3.8, 4) is 0 Å². The molecule has 5 nitrogen and oxygen atoms in total. The zero-order valence-electron chi connectivity index (χ0n) is 14.2. The van der Waals surface area contributed by atoms with Crippen LogP contribution in [0, 0.1) is 0 Å². The molecule has 1 fully saturated rings. The SMILES string of the molecule is CN1CCN(c2ccc(NC(=S)NCc3ccccc3Cl)cn2)CC1. The minimum absolute atomic E-state index is 0.550. The molecule has 1 saturated heterocycles. The van der Waals surface area contributed by atoms with Crippen LogP contribution in [-0.2, 0) is 6.54 Å². The molecule has 0 spiro atoms. The van der Waals surface area contributed by atoms with Gasteiger partial charge >= 0.3 is 0 Å². The van der Waals surface area contributed by atoms with E-state index >= 15 is 0 Å². The summed E-state index contributed by atoms with van der Waals surface area (Å²) in [5.41, 5.74) is 1.88. The predicted octanol–water partition coefficient (Wildman–Crippen LogP) is 2.97. The zero-order valence-corrected chi connectivity index (χ0v) is 15.8. The third-order valence-corrected chi connectivity index (χ3v) is 4.85. The zero-order chi connectivity index (χ0) is 17.6. The van der Waals surface area contributed by atoms with Crippen LogP contribution in [0.15, 0.2) is 42.6 Å². The van der Waals surface area contributed by atoms with Gasteiger partial charge in [-0.05, 0) is 43.0 Å². The molecule has 132 valence electrons. The van der Waals surface area contributed by atoms with E-state index in [1.54, 1.807) is 0 Å². The fraction of sp³-hybridized carbons (Fsp3) is 0.333. The number of anilines is 2. The molecule has 1 aromatic carbocycles. The van der Waals surface area contributed by atoms with Crippen molar-refractivity contribution in [1.82, 2.24) is 15.2 Å². The molecule has 25 heavy (non-hydrogen) atoms. The summed E-state index contributed by atoms with van der Waals surface area (Å²) in [6, 6.07) is 11.8. The van der Waals surface area contributed by atoms with Gasteiger partial charge in [-0.15, -0.1) is 0 Å². The van der Waals surface area contributed by atoms with E-state index in [2.05, 4.69) is 32.5 Å². The average Bonchev–Trinajstić information content (AvgIpc) is 2.62. The second-order valence-electron chi connectivity index (χ2n) is 6.09. The van der Waals surface area contributed by atoms with Crippen LogP contribution in [0.2, 0.25) is 5.02 Å². The number of benzene rings is 1. The van der Waals surface area contributed by atoms with Crippen LogP contribution in [-0.4, -0.2) is 48.2 Å². The van der Waals surface area contributed by atoms with E-state index in [4.69, 9.17) is 23.8 Å². The molecule has 0 radical (unpaired) electrons. The maximum Gasteiger partial charge on any atom is 0.171 e. The Balaban J connectivity index is 1.51. The van der Waals surface area contributed by atoms with Crippen LogP contribution in [0.25, 0.3) is 0 Å². The maximum absolute atomic E-state index is 6.15. The summed E-state index contributed by atoms with van der Waals surface area (Å²) < 4.78 is 0. The first kappa shape index (κ1) is 17.9. The Morgan fingerprint density at radius 2 is 1.92 bits per heavy atom. The number of thiocarbonyl (C=S) groups is 1. The Bertz CT molecular complexity index is 714. The van der Waals surface area contributed by atoms with Crippen LogP contribution < -0.4 is 15.5 Å². The minimum Gasteiger partial charge on any atom is -0.358 e. The van der Waals surface area contributed by atoms with Gasteiger partial charge in [0.15, 0.2) is 5.11 Å². The molecule has 2 N–H and O–H groups in total. The number of hydrogen-bond acceptors (Lipinski definition) is 4. The second-order valence-corrected chi connectivity index (χ2v) is 6.91. The van der Waals surface area contributed by atoms with Crippen molar-refractivity contribution in [2.75, 3.05) is 43.4 Å². The second kappa shape index (κ2) is 8.47. The molecule has 1 aromatic heterocycles. The van der Waals surface area contributed by atoms with E-state index < -0.39 is 0 Å². The first-order valence-corrected chi connectivity index (χ1v) is 9.08. The summed E-state index contributed by atoms with van der Waals surface area (Å²) >= 11 is 11.5. The van der Waals surface area contributed by atoms with Crippen LogP contribution in [0.1, 0.15) is 5.56 Å². The van der Waals surface area contributed by atoms with Crippen LogP contribution in [0.5, 0.6) is 0 Å². The summed E-state index contributed by atoms with van der Waals surface area (Å²) in [6.07, 6.45) is 1.82. The number of piperazine rings is 1. The highest BCUT2D eigenvalue weighted by atomic mass is 35.5. The lowest BCUT2D eigenvalue weighted by Gasteiger charge is -2.33. The number of nitrogens with one attached hydrogen (secondary N) is 2. The Labute approximate surface area is 159 Å². The van der Waals surface area contributed by atoms with Gasteiger partial charge in [-0.2, -0.15) is 0 Å². The van der Waals surface area contributed by atoms with Crippen molar-refractivity contribution in [2.24, 2.45) is 0 Å². The number of nitrogens with zero attached hydrogens (tertiary/aromatic N) is 3. The molecular weight excluding hydrogens is 354 g/mol.